The molecule has 3 aromatic rings. The fourth-order valence-electron chi connectivity index (χ4n) is 3.05. The van der Waals surface area contributed by atoms with E-state index in [0.29, 0.717) is 30.1 Å². The minimum atomic E-state index is -0.225. The number of thiophene rings is 1. The predicted molar refractivity (Wildman–Crippen MR) is 129 cm³/mol. The Morgan fingerprint density at radius 2 is 1.97 bits per heavy atom. The van der Waals surface area contributed by atoms with Gasteiger partial charge in [0.15, 0.2) is 0 Å². The van der Waals surface area contributed by atoms with Crippen LogP contribution in [0.2, 0.25) is 0 Å². The van der Waals surface area contributed by atoms with Crippen molar-refractivity contribution in [3.63, 3.8) is 0 Å². The number of aryl methyl sites for hydroxylation is 3. The molecule has 0 radical (unpaired) electrons. The number of nitrogens with zero attached hydrogens (tertiary/aromatic N) is 1. The molecule has 0 spiro atoms. The Kier molecular flexibility index (Phi) is 8.15. The van der Waals surface area contributed by atoms with E-state index in [1.807, 2.05) is 52.0 Å². The third kappa shape index (κ3) is 6.33. The van der Waals surface area contributed by atoms with Gasteiger partial charge in [-0.1, -0.05) is 17.7 Å². The van der Waals surface area contributed by atoms with Crippen molar-refractivity contribution < 1.29 is 9.53 Å². The van der Waals surface area contributed by atoms with Crippen molar-refractivity contribution in [1.82, 2.24) is 15.3 Å². The second kappa shape index (κ2) is 10.8. The van der Waals surface area contributed by atoms with Crippen LogP contribution >= 0.6 is 23.1 Å². The van der Waals surface area contributed by atoms with Crippen LogP contribution < -0.4 is 15.6 Å². The molecule has 0 saturated heterocycles. The molecular weight excluding hydrogens is 430 g/mol. The molecule has 3 rings (SSSR count). The summed E-state index contributed by atoms with van der Waals surface area (Å²) in [5.41, 5.74) is 2.10. The van der Waals surface area contributed by atoms with E-state index < -0.39 is 0 Å². The van der Waals surface area contributed by atoms with Gasteiger partial charge in [-0.2, -0.15) is 0 Å². The van der Waals surface area contributed by atoms with Gasteiger partial charge in [-0.05, 0) is 58.2 Å². The molecule has 1 aromatic carbocycles. The number of hydrogen-bond acceptors (Lipinski definition) is 6. The highest BCUT2D eigenvalue weighted by atomic mass is 32.2. The summed E-state index contributed by atoms with van der Waals surface area (Å²) in [5, 5.41) is 3.42. The van der Waals surface area contributed by atoms with Crippen molar-refractivity contribution in [3.8, 4) is 5.75 Å². The van der Waals surface area contributed by atoms with Crippen molar-refractivity contribution in [2.24, 2.45) is 0 Å². The number of rotatable bonds is 10. The summed E-state index contributed by atoms with van der Waals surface area (Å²) in [5.74, 6) is 1.96. The number of aromatic amines is 1. The number of hydrogen-bond donors (Lipinski definition) is 2. The Labute approximate surface area is 190 Å². The van der Waals surface area contributed by atoms with Gasteiger partial charge in [-0.15, -0.1) is 23.1 Å². The normalized spacial score (nSPS) is 12.1. The van der Waals surface area contributed by atoms with Gasteiger partial charge in [-0.3, -0.25) is 9.59 Å². The van der Waals surface area contributed by atoms with Crippen LogP contribution in [0.5, 0.6) is 5.75 Å². The maximum Gasteiger partial charge on any atom is 0.259 e. The topological polar surface area (TPSA) is 84.1 Å². The van der Waals surface area contributed by atoms with Crippen LogP contribution in [0.25, 0.3) is 10.2 Å². The molecule has 0 aliphatic rings. The van der Waals surface area contributed by atoms with Gasteiger partial charge in [0.25, 0.3) is 5.56 Å². The lowest BCUT2D eigenvalue weighted by atomic mass is 10.2. The molecule has 1 unspecified atom stereocenters. The second-order valence-electron chi connectivity index (χ2n) is 7.59. The van der Waals surface area contributed by atoms with Crippen LogP contribution in [0.4, 0.5) is 0 Å². The number of nitrogens with one attached hydrogen (secondary N) is 2. The molecule has 2 aromatic heterocycles. The molecule has 0 aliphatic carbocycles. The summed E-state index contributed by atoms with van der Waals surface area (Å²) in [6.45, 7) is 9.11. The van der Waals surface area contributed by atoms with E-state index in [1.165, 1.54) is 28.7 Å². The number of H-pyrrole nitrogens is 1. The Balaban J connectivity index is 1.37. The van der Waals surface area contributed by atoms with Gasteiger partial charge in [0, 0.05) is 11.4 Å². The Bertz CT molecular complexity index is 1090. The molecule has 0 fully saturated rings. The van der Waals surface area contributed by atoms with Crippen LogP contribution in [-0.2, 0) is 10.5 Å². The van der Waals surface area contributed by atoms with E-state index in [0.717, 1.165) is 33.9 Å². The van der Waals surface area contributed by atoms with Crippen LogP contribution in [0, 0.1) is 20.8 Å². The summed E-state index contributed by atoms with van der Waals surface area (Å²) in [4.78, 5) is 34.0. The molecule has 166 valence electrons. The first-order chi connectivity index (χ1) is 14.8. The summed E-state index contributed by atoms with van der Waals surface area (Å²) < 4.78 is 5.70. The van der Waals surface area contributed by atoms with E-state index in [2.05, 4.69) is 15.3 Å². The third-order valence-corrected chi connectivity index (χ3v) is 7.34. The Morgan fingerprint density at radius 3 is 2.71 bits per heavy atom. The van der Waals surface area contributed by atoms with Crippen molar-refractivity contribution >= 4 is 39.2 Å². The highest BCUT2D eigenvalue weighted by Gasteiger charge is 2.15. The summed E-state index contributed by atoms with van der Waals surface area (Å²) in [6, 6.07) is 7.99. The maximum absolute atomic E-state index is 12.4. The first kappa shape index (κ1) is 23.3. The number of ether oxygens (including phenoxy) is 1. The number of unbranched alkanes of at least 4 members (excludes halogenated alkanes) is 1. The summed E-state index contributed by atoms with van der Waals surface area (Å²) >= 11 is 3.00. The van der Waals surface area contributed by atoms with E-state index in [1.54, 1.807) is 0 Å². The van der Waals surface area contributed by atoms with Crippen molar-refractivity contribution in [3.05, 3.63) is 56.4 Å². The molecule has 8 heteroatoms. The molecule has 0 saturated carbocycles. The fourth-order valence-corrected chi connectivity index (χ4v) is 4.88. The van der Waals surface area contributed by atoms with Crippen molar-refractivity contribution in [1.29, 1.82) is 0 Å². The smallest absolute Gasteiger partial charge is 0.259 e. The van der Waals surface area contributed by atoms with Gasteiger partial charge in [-0.25, -0.2) is 4.98 Å². The fraction of sp³-hybridized carbons (Fsp3) is 0.435. The minimum absolute atomic E-state index is 0.00399. The van der Waals surface area contributed by atoms with Gasteiger partial charge in [0.05, 0.1) is 23.0 Å². The Hall–Kier alpha value is -2.32. The van der Waals surface area contributed by atoms with E-state index in [-0.39, 0.29) is 16.7 Å². The van der Waals surface area contributed by atoms with Gasteiger partial charge >= 0.3 is 0 Å². The largest absolute Gasteiger partial charge is 0.494 e. The number of fused-ring (bicyclic) bond motifs is 1. The van der Waals surface area contributed by atoms with E-state index >= 15 is 0 Å². The molecule has 0 aliphatic heterocycles. The average Bonchev–Trinajstić information content (AvgIpc) is 3.03. The monoisotopic (exact) mass is 459 g/mol. The van der Waals surface area contributed by atoms with Gasteiger partial charge in [0.2, 0.25) is 5.91 Å². The number of aromatic nitrogens is 2. The first-order valence-corrected chi connectivity index (χ1v) is 12.3. The minimum Gasteiger partial charge on any atom is -0.494 e. The number of amides is 1. The lowest BCUT2D eigenvalue weighted by molar-refractivity contribution is -0.120. The van der Waals surface area contributed by atoms with Gasteiger partial charge < -0.3 is 15.0 Å². The van der Waals surface area contributed by atoms with Crippen LogP contribution in [0.15, 0.2) is 29.1 Å². The van der Waals surface area contributed by atoms with Crippen LogP contribution in [0.1, 0.15) is 41.6 Å². The number of carbonyl (C=O) groups excluding carboxylic acids is 1. The number of carbonyl (C=O) groups is 1. The van der Waals surface area contributed by atoms with Crippen molar-refractivity contribution in [2.45, 2.75) is 51.5 Å². The predicted octanol–water partition coefficient (Wildman–Crippen LogP) is 4.51. The number of benzene rings is 1. The zero-order valence-corrected chi connectivity index (χ0v) is 20.0. The number of thioether (sulfide) groups is 1. The molecule has 2 N–H and O–H groups in total. The standard InChI is InChI=1S/C23H29N3O3S2/c1-14-7-9-18(10-8-14)29-12-6-5-11-24-21(27)17(4)30-13-19-25-22(28)20-15(2)16(3)31-23(20)26-19/h7-10,17H,5-6,11-13H2,1-4H3,(H,24,27)(H,25,26,28). The second-order valence-corrected chi connectivity index (χ2v) is 10.1. The lowest BCUT2D eigenvalue weighted by Crippen LogP contribution is -2.32. The highest BCUT2D eigenvalue weighted by molar-refractivity contribution is 7.99. The average molecular weight is 460 g/mol. The molecule has 31 heavy (non-hydrogen) atoms. The maximum atomic E-state index is 12.4. The van der Waals surface area contributed by atoms with E-state index in [4.69, 9.17) is 4.74 Å². The third-order valence-electron chi connectivity index (χ3n) is 5.09. The molecule has 1 atom stereocenters. The first-order valence-electron chi connectivity index (χ1n) is 10.4. The molecule has 6 nitrogen and oxygen atoms in total. The lowest BCUT2D eigenvalue weighted by Gasteiger charge is -2.12. The van der Waals surface area contributed by atoms with Crippen molar-refractivity contribution in [2.75, 3.05) is 13.2 Å². The van der Waals surface area contributed by atoms with Crippen LogP contribution in [0.3, 0.4) is 0 Å². The highest BCUT2D eigenvalue weighted by Crippen LogP contribution is 2.26. The van der Waals surface area contributed by atoms with Gasteiger partial charge in [0.1, 0.15) is 16.4 Å². The quantitative estimate of drug-likeness (QED) is 0.436. The van der Waals surface area contributed by atoms with Crippen LogP contribution in [-0.4, -0.2) is 34.3 Å². The molecule has 2 heterocycles. The Morgan fingerprint density at radius 1 is 1.23 bits per heavy atom. The summed E-state index contributed by atoms with van der Waals surface area (Å²) in [7, 11) is 0. The molecule has 1 amide bonds. The van der Waals surface area contributed by atoms with E-state index in [9.17, 15) is 9.59 Å². The molecular formula is C23H29N3O3S2. The zero-order chi connectivity index (χ0) is 22.4. The summed E-state index contributed by atoms with van der Waals surface area (Å²) in [6.07, 6.45) is 1.73. The SMILES string of the molecule is Cc1ccc(OCCCCNC(=O)C(C)SCc2nc3sc(C)c(C)c3c(=O)[nH]2)cc1. The molecule has 0 bridgehead atoms. The zero-order valence-electron chi connectivity index (χ0n) is 18.4.